The summed E-state index contributed by atoms with van der Waals surface area (Å²) in [7, 11) is 0. The van der Waals surface area contributed by atoms with Crippen LogP contribution in [0, 0.1) is 0 Å². The summed E-state index contributed by atoms with van der Waals surface area (Å²) in [5.41, 5.74) is 13.1. The first kappa shape index (κ1) is 31.2. The number of nitrogens with zero attached hydrogens (tertiary/aromatic N) is 2. The molecule has 0 bridgehead atoms. The first-order valence-electron chi connectivity index (χ1n) is 18.8. The van der Waals surface area contributed by atoms with Crippen molar-refractivity contribution in [2.75, 3.05) is 4.90 Å². The Kier molecular flexibility index (Phi) is 7.17. The van der Waals surface area contributed by atoms with Crippen molar-refractivity contribution in [3.8, 4) is 27.9 Å². The van der Waals surface area contributed by atoms with Gasteiger partial charge in [0.1, 0.15) is 5.58 Å². The van der Waals surface area contributed by atoms with Crippen molar-refractivity contribution in [3.05, 3.63) is 206 Å². The van der Waals surface area contributed by atoms with E-state index < -0.39 is 0 Å². The topological polar surface area (TPSA) is 21.3 Å². The van der Waals surface area contributed by atoms with E-state index in [1.807, 2.05) is 12.1 Å². The molecule has 0 saturated heterocycles. The number of benzene rings is 9. The lowest BCUT2D eigenvalue weighted by Gasteiger charge is -2.26. The molecular formula is C52H34N2O. The Labute approximate surface area is 318 Å². The molecule has 0 spiro atoms. The molecule has 55 heavy (non-hydrogen) atoms. The molecule has 0 aliphatic rings. The first-order valence-corrected chi connectivity index (χ1v) is 18.8. The van der Waals surface area contributed by atoms with Crippen molar-refractivity contribution in [3.63, 3.8) is 0 Å². The highest BCUT2D eigenvalue weighted by atomic mass is 16.3. The summed E-state index contributed by atoms with van der Waals surface area (Å²) in [6.07, 6.45) is 0. The minimum Gasteiger partial charge on any atom is -0.454 e. The lowest BCUT2D eigenvalue weighted by molar-refractivity contribution is 0.669. The zero-order chi connectivity index (χ0) is 36.3. The van der Waals surface area contributed by atoms with Gasteiger partial charge in [0, 0.05) is 38.6 Å². The summed E-state index contributed by atoms with van der Waals surface area (Å²) in [4.78, 5) is 2.30. The Morgan fingerprint density at radius 3 is 1.62 bits per heavy atom. The maximum Gasteiger partial charge on any atom is 0.159 e. The molecule has 2 aromatic heterocycles. The second-order valence-electron chi connectivity index (χ2n) is 14.2. The van der Waals surface area contributed by atoms with Gasteiger partial charge in [-0.1, -0.05) is 140 Å². The van der Waals surface area contributed by atoms with E-state index in [-0.39, 0.29) is 0 Å². The van der Waals surface area contributed by atoms with E-state index in [1.165, 1.54) is 49.3 Å². The van der Waals surface area contributed by atoms with Gasteiger partial charge < -0.3 is 13.9 Å². The quantitative estimate of drug-likeness (QED) is 0.172. The average molecular weight is 703 g/mol. The zero-order valence-electron chi connectivity index (χ0n) is 29.9. The predicted octanol–water partition coefficient (Wildman–Crippen LogP) is 14.6. The minimum atomic E-state index is 0.869. The van der Waals surface area contributed by atoms with Gasteiger partial charge in [0.05, 0.1) is 16.7 Å². The third-order valence-electron chi connectivity index (χ3n) is 11.0. The smallest absolute Gasteiger partial charge is 0.159 e. The highest BCUT2D eigenvalue weighted by molar-refractivity contribution is 6.14. The first-order chi connectivity index (χ1) is 27.3. The molecule has 9 aromatic carbocycles. The lowest BCUT2D eigenvalue weighted by atomic mass is 10.0. The third-order valence-corrected chi connectivity index (χ3v) is 11.0. The van der Waals surface area contributed by atoms with Crippen LogP contribution in [0.3, 0.4) is 0 Å². The number of rotatable bonds is 6. The molecule has 11 aromatic rings. The zero-order valence-corrected chi connectivity index (χ0v) is 29.9. The van der Waals surface area contributed by atoms with Gasteiger partial charge in [0.25, 0.3) is 0 Å². The molecule has 0 saturated carbocycles. The van der Waals surface area contributed by atoms with Crippen LogP contribution >= 0.6 is 0 Å². The number of hydrogen-bond donors (Lipinski definition) is 0. The van der Waals surface area contributed by atoms with E-state index in [0.717, 1.165) is 50.3 Å². The molecule has 2 heterocycles. The van der Waals surface area contributed by atoms with Crippen LogP contribution in [0.1, 0.15) is 0 Å². The summed E-state index contributed by atoms with van der Waals surface area (Å²) in [5, 5.41) is 7.26. The van der Waals surface area contributed by atoms with E-state index in [0.29, 0.717) is 0 Å². The molecule has 0 amide bonds. The fourth-order valence-corrected chi connectivity index (χ4v) is 8.31. The second kappa shape index (κ2) is 12.6. The number of anilines is 3. The van der Waals surface area contributed by atoms with Crippen LogP contribution in [-0.4, -0.2) is 4.57 Å². The number of fused-ring (bicyclic) bond motifs is 7. The second-order valence-corrected chi connectivity index (χ2v) is 14.2. The summed E-state index contributed by atoms with van der Waals surface area (Å²) in [5.74, 6) is 0. The van der Waals surface area contributed by atoms with Gasteiger partial charge >= 0.3 is 0 Å². The van der Waals surface area contributed by atoms with Crippen LogP contribution in [0.15, 0.2) is 211 Å². The van der Waals surface area contributed by atoms with E-state index in [9.17, 15) is 0 Å². The fourth-order valence-electron chi connectivity index (χ4n) is 8.31. The lowest BCUT2D eigenvalue weighted by Crippen LogP contribution is -2.10. The monoisotopic (exact) mass is 702 g/mol. The molecule has 11 rings (SSSR count). The molecule has 0 atom stereocenters. The highest BCUT2D eigenvalue weighted by Crippen LogP contribution is 2.43. The summed E-state index contributed by atoms with van der Waals surface area (Å²) >= 11 is 0. The van der Waals surface area contributed by atoms with Crippen molar-refractivity contribution in [1.82, 2.24) is 4.57 Å². The molecule has 0 aliphatic carbocycles. The SMILES string of the molecule is c1ccc(-c2ccc(N(c3ccc(-c4ccc(-n5c6ccccc6c6cc7ccccc7cc65)cc4)cc3)c3cccc4c3oc3ccccc34)cc2)cc1. The fraction of sp³-hybridized carbons (Fsp3) is 0. The van der Waals surface area contributed by atoms with E-state index >= 15 is 0 Å². The Hall–Kier alpha value is -7.36. The van der Waals surface area contributed by atoms with E-state index in [4.69, 9.17) is 4.42 Å². The predicted molar refractivity (Wildman–Crippen MR) is 231 cm³/mol. The number of hydrogen-bond acceptors (Lipinski definition) is 2. The number of aromatic nitrogens is 1. The Balaban J connectivity index is 0.987. The molecule has 3 nitrogen and oxygen atoms in total. The standard InChI is InChI=1S/C52H34N2O/c1-2-11-35(12-3-1)36-21-27-41(28-22-36)53(49-19-10-17-46-45-16-7-9-20-51(45)55-52(46)49)42-29-23-37(24-30-42)38-25-31-43(32-26-38)54-48-18-8-6-15-44(48)47-33-39-13-4-5-14-40(39)34-50(47)54/h1-34H. The summed E-state index contributed by atoms with van der Waals surface area (Å²) in [6, 6.07) is 73.8. The van der Waals surface area contributed by atoms with Gasteiger partial charge in [-0.05, 0) is 99.8 Å². The maximum atomic E-state index is 6.57. The van der Waals surface area contributed by atoms with Crippen molar-refractivity contribution < 1.29 is 4.42 Å². The van der Waals surface area contributed by atoms with E-state index in [2.05, 4.69) is 204 Å². The van der Waals surface area contributed by atoms with Gasteiger partial charge in [-0.15, -0.1) is 0 Å². The van der Waals surface area contributed by atoms with Crippen LogP contribution in [-0.2, 0) is 0 Å². The summed E-state index contributed by atoms with van der Waals surface area (Å²) in [6.45, 7) is 0. The number of para-hydroxylation sites is 3. The van der Waals surface area contributed by atoms with Crippen molar-refractivity contribution in [1.29, 1.82) is 0 Å². The summed E-state index contributed by atoms with van der Waals surface area (Å²) < 4.78 is 8.96. The van der Waals surface area contributed by atoms with Crippen LogP contribution in [0.25, 0.3) is 82.5 Å². The van der Waals surface area contributed by atoms with Gasteiger partial charge in [-0.2, -0.15) is 0 Å². The van der Waals surface area contributed by atoms with Crippen molar-refractivity contribution >= 4 is 71.6 Å². The Morgan fingerprint density at radius 1 is 0.364 bits per heavy atom. The molecule has 258 valence electrons. The van der Waals surface area contributed by atoms with E-state index in [1.54, 1.807) is 0 Å². The molecule has 0 unspecified atom stereocenters. The molecule has 3 heteroatoms. The molecule has 0 radical (unpaired) electrons. The van der Waals surface area contributed by atoms with Crippen LogP contribution < -0.4 is 4.90 Å². The minimum absolute atomic E-state index is 0.869. The molecule has 0 fully saturated rings. The van der Waals surface area contributed by atoms with Gasteiger partial charge in [-0.3, -0.25) is 0 Å². The van der Waals surface area contributed by atoms with Crippen LogP contribution in [0.5, 0.6) is 0 Å². The largest absolute Gasteiger partial charge is 0.454 e. The maximum absolute atomic E-state index is 6.57. The van der Waals surface area contributed by atoms with Crippen LogP contribution in [0.4, 0.5) is 17.1 Å². The number of furan rings is 1. The Morgan fingerprint density at radius 2 is 0.909 bits per heavy atom. The molecule has 0 N–H and O–H groups in total. The van der Waals surface area contributed by atoms with Crippen molar-refractivity contribution in [2.45, 2.75) is 0 Å². The van der Waals surface area contributed by atoms with Gasteiger partial charge in [0.15, 0.2) is 5.58 Å². The average Bonchev–Trinajstić information content (AvgIpc) is 3.80. The van der Waals surface area contributed by atoms with Crippen LogP contribution in [0.2, 0.25) is 0 Å². The van der Waals surface area contributed by atoms with Crippen molar-refractivity contribution in [2.24, 2.45) is 0 Å². The third kappa shape index (κ3) is 5.20. The normalized spacial score (nSPS) is 11.6. The highest BCUT2D eigenvalue weighted by Gasteiger charge is 2.20. The Bertz CT molecular complexity index is 3170. The molecule has 0 aliphatic heterocycles. The molecular weight excluding hydrogens is 669 g/mol. The van der Waals surface area contributed by atoms with Gasteiger partial charge in [0.2, 0.25) is 0 Å². The van der Waals surface area contributed by atoms with Gasteiger partial charge in [-0.25, -0.2) is 0 Å².